The highest BCUT2D eigenvalue weighted by atomic mass is 32.1. The van der Waals surface area contributed by atoms with E-state index in [4.69, 9.17) is 0 Å². The molecule has 0 bridgehead atoms. The number of hydrogen-bond donors (Lipinski definition) is 1. The zero-order chi connectivity index (χ0) is 17.1. The normalized spacial score (nSPS) is 16.0. The van der Waals surface area contributed by atoms with Gasteiger partial charge in [0.25, 0.3) is 0 Å². The van der Waals surface area contributed by atoms with Gasteiger partial charge in [-0.1, -0.05) is 38.1 Å². The Morgan fingerprint density at radius 2 is 1.92 bits per heavy atom. The summed E-state index contributed by atoms with van der Waals surface area (Å²) in [5.41, 5.74) is 4.08. The monoisotopic (exact) mass is 342 g/mol. The van der Waals surface area contributed by atoms with Crippen LogP contribution in [0.1, 0.15) is 54.3 Å². The van der Waals surface area contributed by atoms with Crippen LogP contribution in [0.2, 0.25) is 0 Å². The zero-order valence-corrected chi connectivity index (χ0v) is 15.5. The molecular weight excluding hydrogens is 316 g/mol. The van der Waals surface area contributed by atoms with E-state index in [9.17, 15) is 4.79 Å². The van der Waals surface area contributed by atoms with Crippen molar-refractivity contribution < 1.29 is 4.79 Å². The topological polar surface area (TPSA) is 32.3 Å². The molecule has 1 amide bonds. The van der Waals surface area contributed by atoms with E-state index >= 15 is 0 Å². The van der Waals surface area contributed by atoms with Gasteiger partial charge in [-0.3, -0.25) is 9.69 Å². The molecule has 3 rings (SSSR count). The third-order valence-corrected chi connectivity index (χ3v) is 5.83. The lowest BCUT2D eigenvalue weighted by Crippen LogP contribution is -2.39. The number of amides is 1. The molecule has 2 aromatic rings. The molecule has 0 saturated heterocycles. The van der Waals surface area contributed by atoms with Gasteiger partial charge in [-0.25, -0.2) is 0 Å². The van der Waals surface area contributed by atoms with Crippen LogP contribution in [-0.4, -0.2) is 23.9 Å². The van der Waals surface area contributed by atoms with Gasteiger partial charge in [0.2, 0.25) is 5.91 Å². The van der Waals surface area contributed by atoms with E-state index < -0.39 is 0 Å². The zero-order valence-electron chi connectivity index (χ0n) is 14.7. The quantitative estimate of drug-likeness (QED) is 0.887. The standard InChI is InChI=1S/C20H26N2OS/c1-14(2)16-4-6-17(7-5-16)19(12-21-15(3)23)22-10-8-20-18(13-22)9-11-24-20/h4-7,9,11,14,19H,8,10,12-13H2,1-3H3,(H,21,23)/t19-/m0/s1. The van der Waals surface area contributed by atoms with Crippen molar-refractivity contribution in [3.05, 3.63) is 57.3 Å². The molecular formula is C20H26N2OS. The molecule has 1 aliphatic heterocycles. The third kappa shape index (κ3) is 3.87. The van der Waals surface area contributed by atoms with E-state index in [0.29, 0.717) is 12.5 Å². The first kappa shape index (κ1) is 17.2. The van der Waals surface area contributed by atoms with Crippen LogP contribution in [0.15, 0.2) is 35.7 Å². The van der Waals surface area contributed by atoms with E-state index in [-0.39, 0.29) is 11.9 Å². The third-order valence-electron chi connectivity index (χ3n) is 4.81. The maximum atomic E-state index is 11.4. The first-order valence-corrected chi connectivity index (χ1v) is 9.56. The molecule has 1 aromatic heterocycles. The number of carbonyl (C=O) groups is 1. The van der Waals surface area contributed by atoms with Crippen molar-refractivity contribution in [1.29, 1.82) is 0 Å². The summed E-state index contributed by atoms with van der Waals surface area (Å²) in [5.74, 6) is 0.572. The first-order chi connectivity index (χ1) is 11.5. The number of thiophene rings is 1. The molecule has 3 nitrogen and oxygen atoms in total. The van der Waals surface area contributed by atoms with E-state index in [0.717, 1.165) is 19.5 Å². The Balaban J connectivity index is 1.82. The molecule has 24 heavy (non-hydrogen) atoms. The molecule has 1 atom stereocenters. The molecule has 0 aliphatic carbocycles. The van der Waals surface area contributed by atoms with Crippen molar-refractivity contribution in [2.24, 2.45) is 0 Å². The Kier molecular flexibility index (Phi) is 5.36. The van der Waals surface area contributed by atoms with Crippen LogP contribution in [0.3, 0.4) is 0 Å². The molecule has 128 valence electrons. The molecule has 0 unspecified atom stereocenters. The second kappa shape index (κ2) is 7.49. The van der Waals surface area contributed by atoms with Gasteiger partial charge in [-0.2, -0.15) is 0 Å². The minimum absolute atomic E-state index is 0.0343. The summed E-state index contributed by atoms with van der Waals surface area (Å²) >= 11 is 1.86. The Morgan fingerprint density at radius 3 is 2.58 bits per heavy atom. The summed E-state index contributed by atoms with van der Waals surface area (Å²) in [6.07, 6.45) is 1.10. The van der Waals surface area contributed by atoms with Crippen molar-refractivity contribution in [2.75, 3.05) is 13.1 Å². The first-order valence-electron chi connectivity index (χ1n) is 8.68. The minimum atomic E-state index is 0.0343. The molecule has 1 N–H and O–H groups in total. The van der Waals surface area contributed by atoms with Gasteiger partial charge >= 0.3 is 0 Å². The predicted molar refractivity (Wildman–Crippen MR) is 100 cm³/mol. The lowest BCUT2D eigenvalue weighted by Gasteiger charge is -2.35. The fraction of sp³-hybridized carbons (Fsp3) is 0.450. The molecule has 0 fully saturated rings. The number of fused-ring (bicyclic) bond motifs is 1. The highest BCUT2D eigenvalue weighted by Crippen LogP contribution is 2.30. The van der Waals surface area contributed by atoms with Crippen LogP contribution < -0.4 is 5.32 Å². The summed E-state index contributed by atoms with van der Waals surface area (Å²) in [6.45, 7) is 8.69. The fourth-order valence-corrected chi connectivity index (χ4v) is 4.23. The van der Waals surface area contributed by atoms with Crippen molar-refractivity contribution in [2.45, 2.75) is 45.7 Å². The Labute approximate surface area is 148 Å². The molecule has 2 heterocycles. The summed E-state index contributed by atoms with van der Waals surface area (Å²) < 4.78 is 0. The maximum Gasteiger partial charge on any atom is 0.216 e. The van der Waals surface area contributed by atoms with Crippen LogP contribution in [0, 0.1) is 0 Å². The van der Waals surface area contributed by atoms with Gasteiger partial charge in [0.1, 0.15) is 0 Å². The Bertz CT molecular complexity index is 690. The summed E-state index contributed by atoms with van der Waals surface area (Å²) in [4.78, 5) is 15.4. The summed E-state index contributed by atoms with van der Waals surface area (Å²) in [6, 6.07) is 11.4. The molecule has 1 aliphatic rings. The highest BCUT2D eigenvalue weighted by molar-refractivity contribution is 7.10. The minimum Gasteiger partial charge on any atom is -0.354 e. The van der Waals surface area contributed by atoms with Gasteiger partial charge in [0.05, 0.1) is 6.04 Å². The molecule has 0 saturated carbocycles. The second-order valence-electron chi connectivity index (χ2n) is 6.86. The number of benzene rings is 1. The number of nitrogens with one attached hydrogen (secondary N) is 1. The van der Waals surface area contributed by atoms with Gasteiger partial charge in [0, 0.05) is 31.4 Å². The Hall–Kier alpha value is -1.65. The van der Waals surface area contributed by atoms with Crippen LogP contribution in [-0.2, 0) is 17.8 Å². The van der Waals surface area contributed by atoms with E-state index in [1.807, 2.05) is 11.3 Å². The average Bonchev–Trinajstić information content (AvgIpc) is 3.03. The van der Waals surface area contributed by atoms with Crippen molar-refractivity contribution in [1.82, 2.24) is 10.2 Å². The lowest BCUT2D eigenvalue weighted by atomic mass is 9.97. The second-order valence-corrected chi connectivity index (χ2v) is 7.86. The smallest absolute Gasteiger partial charge is 0.216 e. The van der Waals surface area contributed by atoms with E-state index in [2.05, 4.69) is 59.8 Å². The molecule has 4 heteroatoms. The van der Waals surface area contributed by atoms with Gasteiger partial charge < -0.3 is 5.32 Å². The van der Waals surface area contributed by atoms with Gasteiger partial charge in [-0.15, -0.1) is 11.3 Å². The van der Waals surface area contributed by atoms with E-state index in [1.165, 1.54) is 21.6 Å². The van der Waals surface area contributed by atoms with Gasteiger partial charge in [0.15, 0.2) is 0 Å². The summed E-state index contributed by atoms with van der Waals surface area (Å²) in [5, 5.41) is 5.21. The maximum absolute atomic E-state index is 11.4. The average molecular weight is 343 g/mol. The largest absolute Gasteiger partial charge is 0.354 e. The number of nitrogens with zero attached hydrogens (tertiary/aromatic N) is 1. The lowest BCUT2D eigenvalue weighted by molar-refractivity contribution is -0.119. The van der Waals surface area contributed by atoms with Gasteiger partial charge in [-0.05, 0) is 40.5 Å². The number of rotatable bonds is 5. The van der Waals surface area contributed by atoms with Crippen molar-refractivity contribution >= 4 is 17.2 Å². The van der Waals surface area contributed by atoms with Crippen LogP contribution >= 0.6 is 11.3 Å². The van der Waals surface area contributed by atoms with Crippen LogP contribution in [0.5, 0.6) is 0 Å². The fourth-order valence-electron chi connectivity index (χ4n) is 3.34. The summed E-state index contributed by atoms with van der Waals surface area (Å²) in [7, 11) is 0. The van der Waals surface area contributed by atoms with Crippen LogP contribution in [0.25, 0.3) is 0 Å². The van der Waals surface area contributed by atoms with Crippen molar-refractivity contribution in [3.8, 4) is 0 Å². The predicted octanol–water partition coefficient (Wildman–Crippen LogP) is 4.11. The molecule has 0 radical (unpaired) electrons. The van der Waals surface area contributed by atoms with E-state index in [1.54, 1.807) is 6.92 Å². The number of carbonyl (C=O) groups excluding carboxylic acids is 1. The van der Waals surface area contributed by atoms with Crippen LogP contribution in [0.4, 0.5) is 0 Å². The molecule has 0 spiro atoms. The van der Waals surface area contributed by atoms with Crippen molar-refractivity contribution in [3.63, 3.8) is 0 Å². The number of hydrogen-bond acceptors (Lipinski definition) is 3. The molecule has 1 aromatic carbocycles. The highest BCUT2D eigenvalue weighted by Gasteiger charge is 2.25. The SMILES string of the molecule is CC(=O)NC[C@@H](c1ccc(C(C)C)cc1)N1CCc2sccc2C1. The Morgan fingerprint density at radius 1 is 1.21 bits per heavy atom.